The largest absolute Gasteiger partial charge is 0.368 e. The average Bonchev–Trinajstić information content (AvgIpc) is 2.83. The average molecular weight is 347 g/mol. The molecule has 0 saturated carbocycles. The third-order valence-electron chi connectivity index (χ3n) is 3.29. The molecular weight excluding hydrogens is 332 g/mol. The highest BCUT2D eigenvalue weighted by molar-refractivity contribution is 9.10. The summed E-state index contributed by atoms with van der Waals surface area (Å²) in [6.45, 7) is 1.50. The summed E-state index contributed by atoms with van der Waals surface area (Å²) < 4.78 is 2.93. The molecule has 0 spiro atoms. The maximum absolute atomic E-state index is 5.69. The van der Waals surface area contributed by atoms with Gasteiger partial charge in [-0.2, -0.15) is 0 Å². The molecule has 0 aliphatic carbocycles. The first-order chi connectivity index (χ1) is 10.2. The van der Waals surface area contributed by atoms with Gasteiger partial charge in [0.1, 0.15) is 4.60 Å². The topological polar surface area (TPSA) is 95.6 Å². The molecule has 0 saturated heterocycles. The van der Waals surface area contributed by atoms with E-state index in [2.05, 4.69) is 41.6 Å². The fourth-order valence-electron chi connectivity index (χ4n) is 2.34. The van der Waals surface area contributed by atoms with Gasteiger partial charge in [0.25, 0.3) is 0 Å². The Hall–Kier alpha value is -1.99. The Bertz CT molecular complexity index is 782. The van der Waals surface area contributed by atoms with Crippen molar-refractivity contribution in [3.63, 3.8) is 0 Å². The van der Waals surface area contributed by atoms with Gasteiger partial charge in [-0.25, -0.2) is 15.0 Å². The quantitative estimate of drug-likeness (QED) is 0.706. The smallest absolute Gasteiger partial charge is 0.220 e. The molecule has 0 atom stereocenters. The molecule has 3 aromatic heterocycles. The zero-order valence-electron chi connectivity index (χ0n) is 11.3. The summed E-state index contributed by atoms with van der Waals surface area (Å²) in [5.74, 6) is 0.267. The first kappa shape index (κ1) is 14.0. The predicted octanol–water partition coefficient (Wildman–Crippen LogP) is 2.19. The molecule has 0 aliphatic rings. The van der Waals surface area contributed by atoms with Crippen LogP contribution >= 0.6 is 15.9 Å². The van der Waals surface area contributed by atoms with Gasteiger partial charge in [0.2, 0.25) is 5.95 Å². The third-order valence-corrected chi connectivity index (χ3v) is 3.72. The highest BCUT2D eigenvalue weighted by Crippen LogP contribution is 2.30. The van der Waals surface area contributed by atoms with Gasteiger partial charge in [0.15, 0.2) is 0 Å². The second-order valence-corrected chi connectivity index (χ2v) is 5.52. The predicted molar refractivity (Wildman–Crippen MR) is 86.5 cm³/mol. The number of aryl methyl sites for hydroxylation is 1. The van der Waals surface area contributed by atoms with E-state index in [-0.39, 0.29) is 5.95 Å². The number of fused-ring (bicyclic) bond motifs is 1. The first-order valence-corrected chi connectivity index (χ1v) is 7.41. The second-order valence-electron chi connectivity index (χ2n) is 4.70. The van der Waals surface area contributed by atoms with Gasteiger partial charge in [0.05, 0.1) is 17.4 Å². The Kier molecular flexibility index (Phi) is 3.85. The summed E-state index contributed by atoms with van der Waals surface area (Å²) in [6, 6.07) is 3.84. The number of pyridine rings is 1. The number of aromatic nitrogens is 4. The van der Waals surface area contributed by atoms with Crippen LogP contribution in [0, 0.1) is 0 Å². The van der Waals surface area contributed by atoms with Crippen LogP contribution in [0.25, 0.3) is 22.2 Å². The Morgan fingerprint density at radius 3 is 2.90 bits per heavy atom. The van der Waals surface area contributed by atoms with Crippen molar-refractivity contribution in [2.45, 2.75) is 13.0 Å². The number of nitrogen functional groups attached to an aromatic ring is 1. The highest BCUT2D eigenvalue weighted by Gasteiger charge is 2.12. The maximum Gasteiger partial charge on any atom is 0.220 e. The standard InChI is InChI=1S/C14H15BrN6/c15-13-6-9-10(11-2-4-18-14(17)20-11)8-21(5-1-3-16)12(9)7-19-13/h2,4,6-8H,1,3,5,16H2,(H2,17,18,20). The van der Waals surface area contributed by atoms with Crippen molar-refractivity contribution < 1.29 is 0 Å². The van der Waals surface area contributed by atoms with Gasteiger partial charge in [-0.15, -0.1) is 0 Å². The monoisotopic (exact) mass is 346 g/mol. The zero-order chi connectivity index (χ0) is 14.8. The number of hydrogen-bond acceptors (Lipinski definition) is 5. The minimum atomic E-state index is 0.267. The van der Waals surface area contributed by atoms with Crippen LogP contribution in [0.4, 0.5) is 5.95 Å². The molecule has 0 bridgehead atoms. The van der Waals surface area contributed by atoms with Gasteiger partial charge in [0, 0.05) is 29.9 Å². The molecule has 4 N–H and O–H groups in total. The fraction of sp³-hybridized carbons (Fsp3) is 0.214. The lowest BCUT2D eigenvalue weighted by Gasteiger charge is -2.02. The molecule has 21 heavy (non-hydrogen) atoms. The van der Waals surface area contributed by atoms with Crippen molar-refractivity contribution >= 4 is 32.8 Å². The van der Waals surface area contributed by atoms with E-state index in [0.29, 0.717) is 6.54 Å². The van der Waals surface area contributed by atoms with Crippen molar-refractivity contribution in [1.29, 1.82) is 0 Å². The van der Waals surface area contributed by atoms with Crippen LogP contribution in [0.1, 0.15) is 6.42 Å². The number of anilines is 1. The van der Waals surface area contributed by atoms with Crippen LogP contribution < -0.4 is 11.5 Å². The molecule has 0 unspecified atom stereocenters. The molecule has 108 valence electrons. The lowest BCUT2D eigenvalue weighted by molar-refractivity contribution is 0.670. The Balaban J connectivity index is 2.19. The van der Waals surface area contributed by atoms with Gasteiger partial charge < -0.3 is 16.0 Å². The van der Waals surface area contributed by atoms with Crippen LogP contribution in [0.15, 0.2) is 35.3 Å². The van der Waals surface area contributed by atoms with E-state index in [1.54, 1.807) is 6.20 Å². The minimum Gasteiger partial charge on any atom is -0.368 e. The van der Waals surface area contributed by atoms with E-state index >= 15 is 0 Å². The van der Waals surface area contributed by atoms with Crippen molar-refractivity contribution in [3.05, 3.63) is 35.3 Å². The number of rotatable bonds is 4. The van der Waals surface area contributed by atoms with E-state index in [9.17, 15) is 0 Å². The maximum atomic E-state index is 5.69. The highest BCUT2D eigenvalue weighted by atomic mass is 79.9. The third kappa shape index (κ3) is 2.74. The van der Waals surface area contributed by atoms with Gasteiger partial charge >= 0.3 is 0 Å². The van der Waals surface area contributed by atoms with E-state index in [1.165, 1.54) is 0 Å². The summed E-state index contributed by atoms with van der Waals surface area (Å²) >= 11 is 3.42. The molecule has 7 heteroatoms. The Labute approximate surface area is 130 Å². The fourth-order valence-corrected chi connectivity index (χ4v) is 2.67. The molecule has 0 fully saturated rings. The lowest BCUT2D eigenvalue weighted by Crippen LogP contribution is -2.04. The SMILES string of the molecule is NCCCn1cc(-c2ccnc(N)n2)c2cc(Br)ncc21. The molecule has 6 nitrogen and oxygen atoms in total. The number of halogens is 1. The van der Waals surface area contributed by atoms with Crippen LogP contribution in [0.3, 0.4) is 0 Å². The van der Waals surface area contributed by atoms with Gasteiger partial charge in [-0.3, -0.25) is 0 Å². The molecule has 0 aliphatic heterocycles. The van der Waals surface area contributed by atoms with E-state index in [4.69, 9.17) is 11.5 Å². The van der Waals surface area contributed by atoms with Crippen LogP contribution in [0.2, 0.25) is 0 Å². The van der Waals surface area contributed by atoms with E-state index in [0.717, 1.165) is 39.7 Å². The molecule has 3 rings (SSSR count). The molecule has 3 aromatic rings. The lowest BCUT2D eigenvalue weighted by atomic mass is 10.1. The summed E-state index contributed by atoms with van der Waals surface area (Å²) in [5, 5.41) is 1.08. The van der Waals surface area contributed by atoms with Crippen molar-refractivity contribution in [2.75, 3.05) is 12.3 Å². The number of nitrogens with two attached hydrogens (primary N) is 2. The molecule has 0 radical (unpaired) electrons. The van der Waals surface area contributed by atoms with Crippen molar-refractivity contribution in [3.8, 4) is 11.3 Å². The van der Waals surface area contributed by atoms with Crippen LogP contribution in [0.5, 0.6) is 0 Å². The minimum absolute atomic E-state index is 0.267. The first-order valence-electron chi connectivity index (χ1n) is 6.62. The molecule has 3 heterocycles. The van der Waals surface area contributed by atoms with Crippen LogP contribution in [-0.2, 0) is 6.54 Å². The molecule has 0 amide bonds. The normalized spacial score (nSPS) is 11.1. The number of nitrogens with zero attached hydrogens (tertiary/aromatic N) is 4. The van der Waals surface area contributed by atoms with Gasteiger partial charge in [-0.05, 0) is 41.0 Å². The molecular formula is C14H15BrN6. The zero-order valence-corrected chi connectivity index (χ0v) is 12.9. The number of hydrogen-bond donors (Lipinski definition) is 2. The molecule has 0 aromatic carbocycles. The Morgan fingerprint density at radius 2 is 2.14 bits per heavy atom. The second kappa shape index (κ2) is 5.79. The van der Waals surface area contributed by atoms with E-state index in [1.807, 2.05) is 18.3 Å². The van der Waals surface area contributed by atoms with Crippen molar-refractivity contribution in [1.82, 2.24) is 19.5 Å². The van der Waals surface area contributed by atoms with Gasteiger partial charge in [-0.1, -0.05) is 0 Å². The van der Waals surface area contributed by atoms with Crippen LogP contribution in [-0.4, -0.2) is 26.1 Å². The summed E-state index contributed by atoms with van der Waals surface area (Å²) in [7, 11) is 0. The summed E-state index contributed by atoms with van der Waals surface area (Å²) in [4.78, 5) is 12.6. The van der Waals surface area contributed by atoms with E-state index < -0.39 is 0 Å². The van der Waals surface area contributed by atoms with Crippen molar-refractivity contribution in [2.24, 2.45) is 5.73 Å². The Morgan fingerprint density at radius 1 is 1.29 bits per heavy atom. The summed E-state index contributed by atoms with van der Waals surface area (Å²) in [5.41, 5.74) is 14.2. The summed E-state index contributed by atoms with van der Waals surface area (Å²) in [6.07, 6.45) is 6.49.